The second kappa shape index (κ2) is 7.89. The normalized spacial score (nSPS) is 18.0. The van der Waals surface area contributed by atoms with Crippen molar-refractivity contribution in [3.63, 3.8) is 0 Å². The molecule has 0 aliphatic heterocycles. The zero-order valence-electron chi connectivity index (χ0n) is 16.0. The summed E-state index contributed by atoms with van der Waals surface area (Å²) in [6.45, 7) is 3.12. The molecule has 2 amide bonds. The van der Waals surface area contributed by atoms with Crippen LogP contribution in [0.2, 0.25) is 0 Å². The molecule has 0 bridgehead atoms. The summed E-state index contributed by atoms with van der Waals surface area (Å²) in [6.07, 6.45) is 3.40. The van der Waals surface area contributed by atoms with Gasteiger partial charge in [-0.05, 0) is 37.0 Å². The molecule has 2 unspecified atom stereocenters. The first-order valence-electron chi connectivity index (χ1n) is 9.78. The molecule has 144 valence electrons. The molecule has 4 rings (SSSR count). The van der Waals surface area contributed by atoms with E-state index in [1.807, 2.05) is 55.6 Å². The Morgan fingerprint density at radius 1 is 1.00 bits per heavy atom. The Morgan fingerprint density at radius 2 is 1.71 bits per heavy atom. The van der Waals surface area contributed by atoms with E-state index < -0.39 is 0 Å². The van der Waals surface area contributed by atoms with Gasteiger partial charge >= 0.3 is 0 Å². The lowest BCUT2D eigenvalue weighted by atomic mass is 10.1. The van der Waals surface area contributed by atoms with Gasteiger partial charge in [-0.15, -0.1) is 0 Å². The Bertz CT molecular complexity index is 991. The van der Waals surface area contributed by atoms with Gasteiger partial charge in [0.25, 0.3) is 0 Å². The zero-order chi connectivity index (χ0) is 19.5. The Labute approximate surface area is 164 Å². The lowest BCUT2D eigenvalue weighted by molar-refractivity contribution is -0.127. The van der Waals surface area contributed by atoms with Crippen LogP contribution >= 0.6 is 0 Å². The molecule has 1 aliphatic carbocycles. The second-order valence-electron chi connectivity index (χ2n) is 7.55. The van der Waals surface area contributed by atoms with Gasteiger partial charge in [0.1, 0.15) is 0 Å². The average Bonchev–Trinajstić information content (AvgIpc) is 3.42. The maximum absolute atomic E-state index is 12.3. The van der Waals surface area contributed by atoms with Crippen LogP contribution < -0.4 is 10.6 Å². The molecule has 2 atom stereocenters. The van der Waals surface area contributed by atoms with Crippen molar-refractivity contribution in [3.8, 4) is 0 Å². The average molecular weight is 375 g/mol. The summed E-state index contributed by atoms with van der Waals surface area (Å²) < 4.78 is 0. The summed E-state index contributed by atoms with van der Waals surface area (Å²) in [5.74, 6) is -0.438. The predicted octanol–water partition coefficient (Wildman–Crippen LogP) is 3.09. The minimum Gasteiger partial charge on any atom is -0.361 e. The van der Waals surface area contributed by atoms with Gasteiger partial charge in [-0.1, -0.05) is 48.0 Å². The maximum Gasteiger partial charge on any atom is 0.224 e. The van der Waals surface area contributed by atoms with Gasteiger partial charge in [0, 0.05) is 30.2 Å². The summed E-state index contributed by atoms with van der Waals surface area (Å²) in [7, 11) is 0. The minimum absolute atomic E-state index is 0.0182. The molecular formula is C23H25N3O2. The first-order valence-corrected chi connectivity index (χ1v) is 9.78. The van der Waals surface area contributed by atoms with E-state index in [0.29, 0.717) is 19.5 Å². The van der Waals surface area contributed by atoms with Crippen LogP contribution in [0.1, 0.15) is 23.1 Å². The Balaban J connectivity index is 1.21. The van der Waals surface area contributed by atoms with E-state index in [1.165, 1.54) is 16.5 Å². The highest BCUT2D eigenvalue weighted by molar-refractivity contribution is 5.92. The van der Waals surface area contributed by atoms with Crippen molar-refractivity contribution >= 4 is 22.7 Å². The number of hydrogen-bond acceptors (Lipinski definition) is 2. The number of aromatic nitrogens is 1. The summed E-state index contributed by atoms with van der Waals surface area (Å²) in [5, 5.41) is 7.11. The molecule has 2 aromatic carbocycles. The van der Waals surface area contributed by atoms with Crippen LogP contribution in [0.25, 0.3) is 10.9 Å². The van der Waals surface area contributed by atoms with Gasteiger partial charge in [0.2, 0.25) is 11.8 Å². The molecule has 1 heterocycles. The molecule has 28 heavy (non-hydrogen) atoms. The van der Waals surface area contributed by atoms with Crippen molar-refractivity contribution < 1.29 is 9.59 Å². The number of rotatable bonds is 7. The SMILES string of the molecule is Cc1ccc(CNC(=O)C2CC2C(=O)NCCc2c[nH]c3ccccc23)cc1. The number of nitrogens with one attached hydrogen (secondary N) is 3. The van der Waals surface area contributed by atoms with Crippen LogP contribution in [0, 0.1) is 18.8 Å². The standard InChI is InChI=1S/C23H25N3O2/c1-15-6-8-16(9-7-15)13-26-23(28)20-12-19(20)22(27)24-11-10-17-14-25-21-5-3-2-4-18(17)21/h2-9,14,19-20,25H,10-13H2,1H3,(H,24,27)(H,26,28). The first-order chi connectivity index (χ1) is 13.6. The minimum atomic E-state index is -0.196. The van der Waals surface area contributed by atoms with Crippen molar-refractivity contribution in [3.05, 3.63) is 71.4 Å². The fourth-order valence-corrected chi connectivity index (χ4v) is 3.59. The van der Waals surface area contributed by atoms with Crippen LogP contribution in [0.15, 0.2) is 54.7 Å². The smallest absolute Gasteiger partial charge is 0.224 e. The van der Waals surface area contributed by atoms with Crippen LogP contribution in [0.4, 0.5) is 0 Å². The fraction of sp³-hybridized carbons (Fsp3) is 0.304. The highest BCUT2D eigenvalue weighted by atomic mass is 16.2. The Kier molecular flexibility index (Phi) is 5.15. The molecule has 1 fully saturated rings. The van der Waals surface area contributed by atoms with Gasteiger partial charge in [-0.2, -0.15) is 0 Å². The number of carbonyl (C=O) groups excluding carboxylic acids is 2. The van der Waals surface area contributed by atoms with Crippen LogP contribution in [-0.4, -0.2) is 23.3 Å². The maximum atomic E-state index is 12.3. The molecule has 3 N–H and O–H groups in total. The van der Waals surface area contributed by atoms with Crippen LogP contribution in [-0.2, 0) is 22.6 Å². The van der Waals surface area contributed by atoms with Crippen molar-refractivity contribution in [1.82, 2.24) is 15.6 Å². The highest BCUT2D eigenvalue weighted by Gasteiger charge is 2.47. The number of hydrogen-bond donors (Lipinski definition) is 3. The summed E-state index contributed by atoms with van der Waals surface area (Å²) >= 11 is 0. The Morgan fingerprint density at radius 3 is 2.50 bits per heavy atom. The van der Waals surface area contributed by atoms with Crippen molar-refractivity contribution in [2.24, 2.45) is 11.8 Å². The molecular weight excluding hydrogens is 350 g/mol. The highest BCUT2D eigenvalue weighted by Crippen LogP contribution is 2.38. The van der Waals surface area contributed by atoms with Crippen LogP contribution in [0.3, 0.4) is 0 Å². The summed E-state index contributed by atoms with van der Waals surface area (Å²) in [5.41, 5.74) is 4.57. The van der Waals surface area contributed by atoms with E-state index in [9.17, 15) is 9.59 Å². The van der Waals surface area contributed by atoms with Gasteiger partial charge in [0.05, 0.1) is 11.8 Å². The lowest BCUT2D eigenvalue weighted by Crippen LogP contribution is -2.31. The topological polar surface area (TPSA) is 74.0 Å². The zero-order valence-corrected chi connectivity index (χ0v) is 16.0. The molecule has 1 saturated carbocycles. The molecule has 0 spiro atoms. The van der Waals surface area contributed by atoms with E-state index in [2.05, 4.69) is 21.7 Å². The predicted molar refractivity (Wildman–Crippen MR) is 110 cm³/mol. The summed E-state index contributed by atoms with van der Waals surface area (Å²) in [6, 6.07) is 16.2. The number of aromatic amines is 1. The Hall–Kier alpha value is -3.08. The fourth-order valence-electron chi connectivity index (χ4n) is 3.59. The van der Waals surface area contributed by atoms with Crippen LogP contribution in [0.5, 0.6) is 0 Å². The molecule has 0 saturated heterocycles. The number of benzene rings is 2. The van der Waals surface area contributed by atoms with E-state index in [-0.39, 0.29) is 23.7 Å². The first kappa shape index (κ1) is 18.3. The monoisotopic (exact) mass is 375 g/mol. The van der Waals surface area contributed by atoms with Gasteiger partial charge in [-0.25, -0.2) is 0 Å². The van der Waals surface area contributed by atoms with Gasteiger partial charge in [-0.3, -0.25) is 9.59 Å². The molecule has 5 nitrogen and oxygen atoms in total. The molecule has 1 aliphatic rings. The van der Waals surface area contributed by atoms with Crippen molar-refractivity contribution in [1.29, 1.82) is 0 Å². The number of amides is 2. The third-order valence-corrected chi connectivity index (χ3v) is 5.42. The quantitative estimate of drug-likeness (QED) is 0.594. The third-order valence-electron chi connectivity index (χ3n) is 5.42. The largest absolute Gasteiger partial charge is 0.361 e. The van der Waals surface area contributed by atoms with Crippen molar-refractivity contribution in [2.45, 2.75) is 26.3 Å². The van der Waals surface area contributed by atoms with E-state index in [0.717, 1.165) is 17.5 Å². The molecule has 1 aromatic heterocycles. The number of carbonyl (C=O) groups is 2. The molecule has 3 aromatic rings. The van der Waals surface area contributed by atoms with Gasteiger partial charge in [0.15, 0.2) is 0 Å². The number of para-hydroxylation sites is 1. The number of aryl methyl sites for hydroxylation is 1. The molecule has 0 radical (unpaired) electrons. The van der Waals surface area contributed by atoms with Crippen molar-refractivity contribution in [2.75, 3.05) is 6.54 Å². The van der Waals surface area contributed by atoms with E-state index >= 15 is 0 Å². The second-order valence-corrected chi connectivity index (χ2v) is 7.55. The molecule has 5 heteroatoms. The number of H-pyrrole nitrogens is 1. The summed E-state index contributed by atoms with van der Waals surface area (Å²) in [4.78, 5) is 27.8. The van der Waals surface area contributed by atoms with E-state index in [4.69, 9.17) is 0 Å². The number of fused-ring (bicyclic) bond motifs is 1. The van der Waals surface area contributed by atoms with E-state index in [1.54, 1.807) is 0 Å². The third kappa shape index (κ3) is 4.09. The van der Waals surface area contributed by atoms with Gasteiger partial charge < -0.3 is 15.6 Å². The lowest BCUT2D eigenvalue weighted by Gasteiger charge is -2.07.